The largest absolute Gasteiger partial charge is 0.489 e. The molecular formula is C31H25F3O3. The van der Waals surface area contributed by atoms with Crippen LogP contribution in [0, 0.1) is 0 Å². The predicted molar refractivity (Wildman–Crippen MR) is 140 cm³/mol. The van der Waals surface area contributed by atoms with Crippen LogP contribution in [0.4, 0.5) is 13.2 Å². The van der Waals surface area contributed by atoms with E-state index in [4.69, 9.17) is 9.15 Å². The van der Waals surface area contributed by atoms with Gasteiger partial charge >= 0.3 is 6.18 Å². The molecule has 37 heavy (non-hydrogen) atoms. The molecule has 0 unspecified atom stereocenters. The minimum Gasteiger partial charge on any atom is -0.489 e. The Hall–Kier alpha value is -4.06. The number of benzene rings is 4. The lowest BCUT2D eigenvalue weighted by atomic mass is 9.87. The maximum absolute atomic E-state index is 14.2. The Morgan fingerprint density at radius 2 is 1.51 bits per heavy atom. The Balaban J connectivity index is 1.55. The van der Waals surface area contributed by atoms with Crippen molar-refractivity contribution in [2.75, 3.05) is 0 Å². The van der Waals surface area contributed by atoms with Gasteiger partial charge in [0.25, 0.3) is 0 Å². The van der Waals surface area contributed by atoms with Gasteiger partial charge in [0.15, 0.2) is 0 Å². The average Bonchev–Trinajstić information content (AvgIpc) is 2.86. The first-order chi connectivity index (χ1) is 17.5. The van der Waals surface area contributed by atoms with Gasteiger partial charge in [-0.2, -0.15) is 13.2 Å². The Morgan fingerprint density at radius 1 is 0.811 bits per heavy atom. The summed E-state index contributed by atoms with van der Waals surface area (Å²) in [5.74, 6) is -1.02. The summed E-state index contributed by atoms with van der Waals surface area (Å²) in [6.07, 6.45) is -4.87. The van der Waals surface area contributed by atoms with Gasteiger partial charge < -0.3 is 9.15 Å². The molecule has 0 fully saturated rings. The van der Waals surface area contributed by atoms with Crippen molar-refractivity contribution in [2.24, 2.45) is 0 Å². The number of fused-ring (bicyclic) bond motifs is 2. The van der Waals surface area contributed by atoms with Gasteiger partial charge in [0.1, 0.15) is 17.9 Å². The molecule has 4 aromatic carbocycles. The molecule has 0 spiro atoms. The quantitative estimate of drug-likeness (QED) is 0.247. The van der Waals surface area contributed by atoms with Crippen LogP contribution in [0.25, 0.3) is 32.9 Å². The highest BCUT2D eigenvalue weighted by Gasteiger charge is 2.39. The van der Waals surface area contributed by atoms with E-state index < -0.39 is 22.9 Å². The zero-order valence-electron chi connectivity index (χ0n) is 20.6. The Kier molecular flexibility index (Phi) is 6.06. The monoisotopic (exact) mass is 502 g/mol. The molecule has 0 saturated heterocycles. The van der Waals surface area contributed by atoms with Crippen molar-refractivity contribution in [3.8, 4) is 16.9 Å². The fourth-order valence-corrected chi connectivity index (χ4v) is 4.42. The normalized spacial score (nSPS) is 12.3. The van der Waals surface area contributed by atoms with Gasteiger partial charge in [-0.3, -0.25) is 4.79 Å². The molecule has 0 aliphatic rings. The molecule has 0 aliphatic heterocycles. The predicted octanol–water partition coefficient (Wildman–Crippen LogP) is 8.51. The Morgan fingerprint density at radius 3 is 2.22 bits per heavy atom. The molecule has 0 amide bonds. The smallest absolute Gasteiger partial charge is 0.450 e. The van der Waals surface area contributed by atoms with Crippen LogP contribution in [-0.2, 0) is 18.2 Å². The SMILES string of the molecule is CC(C)(C)c1ccc(COc2ccc3c(=O)c(-c4cccc5ccccc45)c(C(F)(F)F)oc3c2)cc1. The number of alkyl halides is 3. The second kappa shape index (κ2) is 9.11. The van der Waals surface area contributed by atoms with Gasteiger partial charge in [0, 0.05) is 6.07 Å². The summed E-state index contributed by atoms with van der Waals surface area (Å²) in [5, 5.41) is 1.32. The lowest BCUT2D eigenvalue weighted by Gasteiger charge is -2.19. The molecule has 1 heterocycles. The molecule has 0 saturated carbocycles. The topological polar surface area (TPSA) is 39.4 Å². The highest BCUT2D eigenvalue weighted by molar-refractivity contribution is 5.98. The second-order valence-corrected chi connectivity index (χ2v) is 10.1. The van der Waals surface area contributed by atoms with E-state index in [1.165, 1.54) is 23.8 Å². The van der Waals surface area contributed by atoms with E-state index in [0.29, 0.717) is 11.1 Å². The number of halogens is 3. The lowest BCUT2D eigenvalue weighted by molar-refractivity contribution is -0.152. The zero-order chi connectivity index (χ0) is 26.4. The maximum atomic E-state index is 14.2. The number of ether oxygens (including phenoxy) is 1. The summed E-state index contributed by atoms with van der Waals surface area (Å²) < 4.78 is 53.7. The molecule has 6 heteroatoms. The molecule has 3 nitrogen and oxygen atoms in total. The number of hydrogen-bond donors (Lipinski definition) is 0. The maximum Gasteiger partial charge on any atom is 0.450 e. The summed E-state index contributed by atoms with van der Waals surface area (Å²) in [5.41, 5.74) is 0.888. The van der Waals surface area contributed by atoms with Crippen LogP contribution in [0.2, 0.25) is 0 Å². The van der Waals surface area contributed by atoms with E-state index in [1.807, 2.05) is 24.3 Å². The van der Waals surface area contributed by atoms with Crippen molar-refractivity contribution in [2.45, 2.75) is 39.0 Å². The minimum atomic E-state index is -4.87. The molecule has 5 aromatic rings. The van der Waals surface area contributed by atoms with E-state index in [1.54, 1.807) is 42.5 Å². The molecule has 0 aliphatic carbocycles. The van der Waals surface area contributed by atoms with E-state index in [-0.39, 0.29) is 28.6 Å². The first-order valence-electron chi connectivity index (χ1n) is 11.9. The summed E-state index contributed by atoms with van der Waals surface area (Å²) in [6.45, 7) is 6.60. The van der Waals surface area contributed by atoms with E-state index in [2.05, 4.69) is 20.8 Å². The molecule has 188 valence electrons. The zero-order valence-corrected chi connectivity index (χ0v) is 20.6. The van der Waals surface area contributed by atoms with Gasteiger partial charge in [0.05, 0.1) is 10.9 Å². The van der Waals surface area contributed by atoms with Crippen LogP contribution in [0.3, 0.4) is 0 Å². The highest BCUT2D eigenvalue weighted by Crippen LogP contribution is 2.40. The van der Waals surface area contributed by atoms with Gasteiger partial charge in [-0.15, -0.1) is 0 Å². The Bertz CT molecular complexity index is 1650. The Labute approximate surface area is 212 Å². The second-order valence-electron chi connectivity index (χ2n) is 10.1. The first kappa shape index (κ1) is 24.6. The van der Waals surface area contributed by atoms with Gasteiger partial charge in [-0.05, 0) is 45.0 Å². The van der Waals surface area contributed by atoms with E-state index >= 15 is 0 Å². The van der Waals surface area contributed by atoms with E-state index in [9.17, 15) is 18.0 Å². The summed E-state index contributed by atoms with van der Waals surface area (Å²) in [4.78, 5) is 13.4. The molecule has 5 rings (SSSR count). The van der Waals surface area contributed by atoms with Gasteiger partial charge in [-0.25, -0.2) is 0 Å². The highest BCUT2D eigenvalue weighted by atomic mass is 19.4. The van der Waals surface area contributed by atoms with E-state index in [0.717, 1.165) is 10.9 Å². The van der Waals surface area contributed by atoms with Crippen LogP contribution in [0.5, 0.6) is 5.75 Å². The van der Waals surface area contributed by atoms with Crippen LogP contribution in [-0.4, -0.2) is 0 Å². The third-order valence-corrected chi connectivity index (χ3v) is 6.41. The molecule has 1 aromatic heterocycles. The summed E-state index contributed by atoms with van der Waals surface area (Å²) >= 11 is 0. The summed E-state index contributed by atoms with van der Waals surface area (Å²) in [6, 6.07) is 24.3. The van der Waals surface area contributed by atoms with Crippen molar-refractivity contribution in [3.05, 3.63) is 112 Å². The molecule has 0 atom stereocenters. The van der Waals surface area contributed by atoms with Crippen LogP contribution in [0.15, 0.2) is 94.1 Å². The van der Waals surface area contributed by atoms with Crippen molar-refractivity contribution in [3.63, 3.8) is 0 Å². The summed E-state index contributed by atoms with van der Waals surface area (Å²) in [7, 11) is 0. The van der Waals surface area contributed by atoms with Crippen molar-refractivity contribution in [1.82, 2.24) is 0 Å². The van der Waals surface area contributed by atoms with Crippen LogP contribution >= 0.6 is 0 Å². The standard InChI is InChI=1S/C31H25F3O3/c1-30(2,3)21-13-11-19(12-14-21)18-36-22-15-16-25-26(17-22)37-29(31(32,33)34)27(28(25)35)24-10-6-8-20-7-4-5-9-23(20)24/h4-17H,18H2,1-3H3. The van der Waals surface area contributed by atoms with Crippen molar-refractivity contribution >= 4 is 21.7 Å². The lowest BCUT2D eigenvalue weighted by Crippen LogP contribution is -2.16. The van der Waals surface area contributed by atoms with Crippen LogP contribution in [0.1, 0.15) is 37.7 Å². The van der Waals surface area contributed by atoms with Crippen LogP contribution < -0.4 is 10.2 Å². The molecule has 0 radical (unpaired) electrons. The fraction of sp³-hybridized carbons (Fsp3) is 0.194. The fourth-order valence-electron chi connectivity index (χ4n) is 4.42. The molecule has 0 N–H and O–H groups in total. The first-order valence-corrected chi connectivity index (χ1v) is 11.9. The number of hydrogen-bond acceptors (Lipinski definition) is 3. The minimum absolute atomic E-state index is 0.0242. The molecule has 0 bridgehead atoms. The number of rotatable bonds is 4. The molecular weight excluding hydrogens is 477 g/mol. The van der Waals surface area contributed by atoms with Crippen molar-refractivity contribution in [1.29, 1.82) is 0 Å². The third-order valence-electron chi connectivity index (χ3n) is 6.41. The average molecular weight is 503 g/mol. The van der Waals surface area contributed by atoms with Gasteiger partial charge in [-0.1, -0.05) is 87.5 Å². The van der Waals surface area contributed by atoms with Crippen molar-refractivity contribution < 1.29 is 22.3 Å². The van der Waals surface area contributed by atoms with Gasteiger partial charge in [0.2, 0.25) is 11.2 Å². The third kappa shape index (κ3) is 4.84.